The van der Waals surface area contributed by atoms with Gasteiger partial charge in [0.15, 0.2) is 11.8 Å². The first-order chi connectivity index (χ1) is 15.7. The summed E-state index contributed by atoms with van der Waals surface area (Å²) >= 11 is 6.02. The van der Waals surface area contributed by atoms with Crippen molar-refractivity contribution < 1.29 is 24.0 Å². The maximum Gasteiger partial charge on any atom is 0.309 e. The lowest BCUT2D eigenvalue weighted by Crippen LogP contribution is -2.47. The number of carbonyl (C=O) groups excluding carboxylic acids is 3. The number of hydrogen-bond donors (Lipinski definition) is 0. The van der Waals surface area contributed by atoms with E-state index >= 15 is 0 Å². The molecule has 1 aliphatic rings. The average molecular weight is 476 g/mol. The first-order valence-electron chi connectivity index (χ1n) is 10.3. The van der Waals surface area contributed by atoms with E-state index < -0.39 is 28.2 Å². The van der Waals surface area contributed by atoms with Crippen LogP contribution in [0.15, 0.2) is 47.4 Å². The van der Waals surface area contributed by atoms with E-state index in [1.54, 1.807) is 6.92 Å². The van der Waals surface area contributed by atoms with E-state index in [0.29, 0.717) is 12.8 Å². The fourth-order valence-electron chi connectivity index (χ4n) is 3.73. The number of non-ortho nitro benzene ring substituents is 1. The van der Waals surface area contributed by atoms with Crippen molar-refractivity contribution in [2.75, 3.05) is 19.7 Å². The fraction of sp³-hybridized carbons (Fsp3) is 0.364. The van der Waals surface area contributed by atoms with Gasteiger partial charge in [-0.1, -0.05) is 23.7 Å². The number of benzene rings is 1. The van der Waals surface area contributed by atoms with Crippen LogP contribution in [0.3, 0.4) is 0 Å². The van der Waals surface area contributed by atoms with E-state index in [-0.39, 0.29) is 47.9 Å². The van der Waals surface area contributed by atoms with Gasteiger partial charge in [0.1, 0.15) is 0 Å². The molecule has 0 radical (unpaired) electrons. The number of piperidine rings is 1. The number of aromatic nitrogens is 1. The van der Waals surface area contributed by atoms with Crippen LogP contribution >= 0.6 is 11.6 Å². The molecule has 0 aliphatic carbocycles. The molecule has 11 heteroatoms. The van der Waals surface area contributed by atoms with Gasteiger partial charge in [0.2, 0.25) is 0 Å². The maximum atomic E-state index is 13.5. The smallest absolute Gasteiger partial charge is 0.309 e. The van der Waals surface area contributed by atoms with Crippen molar-refractivity contribution in [2.45, 2.75) is 25.8 Å². The zero-order valence-electron chi connectivity index (χ0n) is 17.8. The third kappa shape index (κ3) is 5.46. The van der Waals surface area contributed by atoms with Crippen LogP contribution in [0, 0.1) is 16.0 Å². The van der Waals surface area contributed by atoms with E-state index in [2.05, 4.69) is 0 Å². The molecule has 0 N–H and O–H groups in total. The zero-order chi connectivity index (χ0) is 24.1. The Labute approximate surface area is 193 Å². The summed E-state index contributed by atoms with van der Waals surface area (Å²) < 4.78 is 5.97. The van der Waals surface area contributed by atoms with Crippen LogP contribution in [0.5, 0.6) is 0 Å². The minimum Gasteiger partial charge on any atom is -0.466 e. The summed E-state index contributed by atoms with van der Waals surface area (Å²) in [5, 5.41) is 11.3. The molecule has 3 rings (SSSR count). The summed E-state index contributed by atoms with van der Waals surface area (Å²) in [7, 11) is 0. The predicted molar refractivity (Wildman–Crippen MR) is 118 cm³/mol. The number of likely N-dealkylation sites (tertiary alicyclic amines) is 1. The predicted octanol–water partition coefficient (Wildman–Crippen LogP) is 2.64. The van der Waals surface area contributed by atoms with E-state index in [4.69, 9.17) is 16.3 Å². The summed E-state index contributed by atoms with van der Waals surface area (Å²) in [5.41, 5.74) is -1.03. The third-order valence-electron chi connectivity index (χ3n) is 5.43. The standard InChI is InChI=1S/C22H22ClN3O7/c1-2-33-22(30)14-8-10-24(11-9-14)21(29)19(25-13-16(23)6-7-18(25)27)20(28)15-4-3-5-17(12-15)26(31)32/h3-7,12-14,19H,2,8-11H2,1H3/t19-/m1/s1. The van der Waals surface area contributed by atoms with Crippen LogP contribution in [0.25, 0.3) is 0 Å². The molecule has 10 nitrogen and oxygen atoms in total. The molecule has 1 saturated heterocycles. The lowest BCUT2D eigenvalue weighted by Gasteiger charge is -2.33. The number of amides is 1. The number of nitro groups is 1. The van der Waals surface area contributed by atoms with E-state index in [1.165, 1.54) is 35.4 Å². The topological polar surface area (TPSA) is 129 Å². The number of carbonyl (C=O) groups is 3. The Morgan fingerprint density at radius 1 is 1.21 bits per heavy atom. The van der Waals surface area contributed by atoms with Crippen molar-refractivity contribution in [2.24, 2.45) is 5.92 Å². The fourth-order valence-corrected chi connectivity index (χ4v) is 3.90. The van der Waals surface area contributed by atoms with Crippen molar-refractivity contribution in [3.63, 3.8) is 0 Å². The van der Waals surface area contributed by atoms with Crippen LogP contribution in [0.2, 0.25) is 5.02 Å². The number of nitro benzene ring substituents is 1. The molecule has 33 heavy (non-hydrogen) atoms. The number of Topliss-reactive ketones (excluding diaryl/α,β-unsaturated/α-hetero) is 1. The van der Waals surface area contributed by atoms with Crippen molar-refractivity contribution >= 4 is 34.9 Å². The number of esters is 1. The molecule has 0 saturated carbocycles. The van der Waals surface area contributed by atoms with Gasteiger partial charge in [0, 0.05) is 43.0 Å². The highest BCUT2D eigenvalue weighted by molar-refractivity contribution is 6.30. The van der Waals surface area contributed by atoms with Crippen molar-refractivity contribution in [1.29, 1.82) is 0 Å². The maximum absolute atomic E-state index is 13.5. The number of ether oxygens (including phenoxy) is 1. The Morgan fingerprint density at radius 2 is 1.91 bits per heavy atom. The lowest BCUT2D eigenvalue weighted by atomic mass is 9.95. The second-order valence-electron chi connectivity index (χ2n) is 7.52. The van der Waals surface area contributed by atoms with Crippen molar-refractivity contribution in [1.82, 2.24) is 9.47 Å². The summed E-state index contributed by atoms with van der Waals surface area (Å²) in [4.78, 5) is 63.3. The van der Waals surface area contributed by atoms with Crippen molar-refractivity contribution in [3.05, 3.63) is 73.6 Å². The van der Waals surface area contributed by atoms with Gasteiger partial charge in [0.25, 0.3) is 17.2 Å². The van der Waals surface area contributed by atoms with Gasteiger partial charge in [-0.15, -0.1) is 0 Å². The first kappa shape index (κ1) is 24.1. The molecule has 1 aliphatic heterocycles. The SMILES string of the molecule is CCOC(=O)C1CCN(C(=O)[C@@H](C(=O)c2cccc([N+](=O)[O-])c2)n2cc(Cl)ccc2=O)CC1. The third-order valence-corrected chi connectivity index (χ3v) is 5.65. The van der Waals surface area contributed by atoms with Crippen LogP contribution < -0.4 is 5.56 Å². The number of halogens is 1. The molecule has 0 unspecified atom stereocenters. The molecule has 1 fully saturated rings. The van der Waals surface area contributed by atoms with Gasteiger partial charge in [0.05, 0.1) is 22.5 Å². The van der Waals surface area contributed by atoms with Gasteiger partial charge < -0.3 is 9.64 Å². The van der Waals surface area contributed by atoms with E-state index in [9.17, 15) is 29.3 Å². The Morgan fingerprint density at radius 3 is 2.55 bits per heavy atom. The largest absolute Gasteiger partial charge is 0.466 e. The summed E-state index contributed by atoms with van der Waals surface area (Å²) in [6, 6.07) is 5.83. The van der Waals surface area contributed by atoms with Gasteiger partial charge in [-0.25, -0.2) is 0 Å². The highest BCUT2D eigenvalue weighted by Crippen LogP contribution is 2.25. The lowest BCUT2D eigenvalue weighted by molar-refractivity contribution is -0.384. The molecule has 2 heterocycles. The van der Waals surface area contributed by atoms with Gasteiger partial charge in [-0.05, 0) is 25.8 Å². The summed E-state index contributed by atoms with van der Waals surface area (Å²) in [6.07, 6.45) is 1.90. The second kappa shape index (κ2) is 10.4. The van der Waals surface area contributed by atoms with Crippen molar-refractivity contribution in [3.8, 4) is 0 Å². The highest BCUT2D eigenvalue weighted by atomic mass is 35.5. The van der Waals surface area contributed by atoms with Gasteiger partial charge >= 0.3 is 5.97 Å². The Bertz CT molecular complexity index is 1140. The number of ketones is 1. The number of rotatable bonds is 7. The van der Waals surface area contributed by atoms with Crippen LogP contribution in [-0.4, -0.2) is 51.7 Å². The highest BCUT2D eigenvalue weighted by Gasteiger charge is 2.37. The average Bonchev–Trinajstić information content (AvgIpc) is 2.81. The number of pyridine rings is 1. The number of hydrogen-bond acceptors (Lipinski definition) is 7. The normalized spacial score (nSPS) is 15.0. The molecule has 1 aromatic heterocycles. The molecular weight excluding hydrogens is 454 g/mol. The van der Waals surface area contributed by atoms with Crippen LogP contribution in [0.1, 0.15) is 36.2 Å². The molecule has 1 atom stereocenters. The Hall–Kier alpha value is -3.53. The molecule has 174 valence electrons. The minimum absolute atomic E-state index is 0.0872. The van der Waals surface area contributed by atoms with Crippen LogP contribution in [-0.2, 0) is 14.3 Å². The number of nitrogens with zero attached hydrogens (tertiary/aromatic N) is 3. The zero-order valence-corrected chi connectivity index (χ0v) is 18.6. The molecule has 1 aromatic carbocycles. The van der Waals surface area contributed by atoms with E-state index in [0.717, 1.165) is 16.7 Å². The molecule has 2 aromatic rings. The molecule has 1 amide bonds. The Balaban J connectivity index is 1.94. The Kier molecular flexibility index (Phi) is 7.59. The summed E-state index contributed by atoms with van der Waals surface area (Å²) in [6.45, 7) is 2.35. The van der Waals surface area contributed by atoms with Crippen LogP contribution in [0.4, 0.5) is 5.69 Å². The quantitative estimate of drug-likeness (QED) is 0.198. The van der Waals surface area contributed by atoms with Gasteiger partial charge in [-0.2, -0.15) is 0 Å². The molecule has 0 spiro atoms. The summed E-state index contributed by atoms with van der Waals surface area (Å²) in [5.74, 6) is -2.12. The second-order valence-corrected chi connectivity index (χ2v) is 7.96. The van der Waals surface area contributed by atoms with E-state index in [1.807, 2.05) is 0 Å². The minimum atomic E-state index is -1.60. The monoisotopic (exact) mass is 475 g/mol. The molecular formula is C22H22ClN3O7. The molecule has 0 bridgehead atoms. The first-order valence-corrected chi connectivity index (χ1v) is 10.7. The van der Waals surface area contributed by atoms with Gasteiger partial charge in [-0.3, -0.25) is 33.9 Å².